The zero-order valence-electron chi connectivity index (χ0n) is 27.1. The average Bonchev–Trinajstić information content (AvgIpc) is 3.10. The first-order valence-electron chi connectivity index (χ1n) is 15.7. The van der Waals surface area contributed by atoms with Gasteiger partial charge in [0, 0.05) is 18.8 Å². The molecule has 14 heteroatoms. The van der Waals surface area contributed by atoms with E-state index >= 15 is 0 Å². The highest BCUT2D eigenvalue weighted by Gasteiger charge is 2.21. The van der Waals surface area contributed by atoms with E-state index in [0.29, 0.717) is 39.9 Å². The summed E-state index contributed by atoms with van der Waals surface area (Å²) in [5.41, 5.74) is 12.9. The van der Waals surface area contributed by atoms with Crippen molar-refractivity contribution in [2.45, 2.75) is 25.6 Å². The van der Waals surface area contributed by atoms with Crippen molar-refractivity contribution in [2.75, 3.05) is 18.8 Å². The first kappa shape index (κ1) is 35.8. The summed E-state index contributed by atoms with van der Waals surface area (Å²) in [6.45, 7) is -1.00. The number of nitrogen functional groups attached to an aromatic ring is 1. The molecular weight excluding hydrogens is 656 g/mol. The number of carboxylic acids is 4. The third kappa shape index (κ3) is 10.0. The summed E-state index contributed by atoms with van der Waals surface area (Å²) < 4.78 is 0. The molecule has 0 amide bonds. The van der Waals surface area contributed by atoms with Crippen LogP contribution < -0.4 is 11.1 Å². The number of nitrogens with zero attached hydrogens (tertiary/aromatic N) is 4. The molecule has 0 aliphatic carbocycles. The number of benzene rings is 2. The molecule has 260 valence electrons. The number of nitrogens with two attached hydrogens (primary N) is 1. The van der Waals surface area contributed by atoms with Gasteiger partial charge in [0.25, 0.3) is 0 Å². The smallest absolute Gasteiger partial charge is 0.321 e. The van der Waals surface area contributed by atoms with Crippen molar-refractivity contribution in [3.63, 3.8) is 0 Å². The van der Waals surface area contributed by atoms with Crippen LogP contribution in [0.3, 0.4) is 0 Å². The summed E-state index contributed by atoms with van der Waals surface area (Å²) in [6.07, 6.45) is -0.602. The first-order chi connectivity index (χ1) is 24.4. The number of rotatable bonds is 16. The molecule has 0 bridgehead atoms. The maximum Gasteiger partial charge on any atom is 0.321 e. The minimum absolute atomic E-state index is 0.00990. The molecule has 7 N–H and O–H groups in total. The van der Waals surface area contributed by atoms with Crippen LogP contribution in [0, 0.1) is 0 Å². The molecule has 0 radical (unpaired) electrons. The number of anilines is 1. The van der Waals surface area contributed by atoms with E-state index in [4.69, 9.17) is 20.8 Å². The molecule has 51 heavy (non-hydrogen) atoms. The number of carboxylic acid groups (broad SMARTS) is 4. The van der Waals surface area contributed by atoms with Crippen molar-refractivity contribution < 1.29 is 39.6 Å². The van der Waals surface area contributed by atoms with Crippen LogP contribution in [0.2, 0.25) is 0 Å². The third-order valence-corrected chi connectivity index (χ3v) is 7.74. The van der Waals surface area contributed by atoms with Crippen LogP contribution in [-0.4, -0.2) is 83.3 Å². The van der Waals surface area contributed by atoms with Gasteiger partial charge >= 0.3 is 23.9 Å². The van der Waals surface area contributed by atoms with Gasteiger partial charge in [0.05, 0.1) is 53.7 Å². The molecule has 5 aromatic rings. The second-order valence-corrected chi connectivity index (χ2v) is 11.7. The molecule has 3 heterocycles. The second kappa shape index (κ2) is 16.3. The van der Waals surface area contributed by atoms with Gasteiger partial charge in [-0.3, -0.25) is 29.4 Å². The zero-order valence-corrected chi connectivity index (χ0v) is 27.1. The Morgan fingerprint density at radius 3 is 1.61 bits per heavy atom. The molecule has 0 aliphatic heterocycles. The van der Waals surface area contributed by atoms with E-state index < -0.39 is 49.4 Å². The predicted octanol–water partition coefficient (Wildman–Crippen LogP) is 4.11. The fraction of sp³-hybridized carbons (Fsp3) is 0.162. The summed E-state index contributed by atoms with van der Waals surface area (Å²) in [5, 5.41) is 39.8. The molecule has 14 nitrogen and oxygen atoms in total. The average molecular weight is 691 g/mol. The fourth-order valence-corrected chi connectivity index (χ4v) is 5.35. The van der Waals surface area contributed by atoms with E-state index in [9.17, 15) is 34.5 Å². The van der Waals surface area contributed by atoms with Crippen LogP contribution in [0.4, 0.5) is 5.69 Å². The lowest BCUT2D eigenvalue weighted by atomic mass is 9.99. The Bertz CT molecular complexity index is 2040. The number of aliphatic carboxylic acids is 4. The molecule has 1 unspecified atom stereocenters. The van der Waals surface area contributed by atoms with E-state index in [2.05, 4.69) is 10.3 Å². The van der Waals surface area contributed by atoms with Gasteiger partial charge in [0.15, 0.2) is 0 Å². The van der Waals surface area contributed by atoms with Crippen LogP contribution >= 0.6 is 0 Å². The van der Waals surface area contributed by atoms with Crippen molar-refractivity contribution in [3.05, 3.63) is 108 Å². The Labute approximate surface area is 291 Å². The molecule has 2 aromatic carbocycles. The van der Waals surface area contributed by atoms with Crippen molar-refractivity contribution in [1.82, 2.24) is 25.2 Å². The zero-order chi connectivity index (χ0) is 36.5. The van der Waals surface area contributed by atoms with Crippen molar-refractivity contribution in [3.8, 4) is 45.0 Å². The molecule has 0 fully saturated rings. The number of hydrogen-bond acceptors (Lipinski definition) is 10. The summed E-state index contributed by atoms with van der Waals surface area (Å²) >= 11 is 0. The first-order valence-corrected chi connectivity index (χ1v) is 15.7. The number of nitrogens with one attached hydrogen (secondary N) is 1. The predicted molar refractivity (Wildman–Crippen MR) is 187 cm³/mol. The maximum absolute atomic E-state index is 11.6. The van der Waals surface area contributed by atoms with E-state index in [1.54, 1.807) is 36.4 Å². The highest BCUT2D eigenvalue weighted by atomic mass is 16.4. The number of hydrogen-bond donors (Lipinski definition) is 6. The van der Waals surface area contributed by atoms with E-state index in [0.717, 1.165) is 22.3 Å². The van der Waals surface area contributed by atoms with Crippen molar-refractivity contribution >= 4 is 29.6 Å². The molecule has 1 atom stereocenters. The Balaban J connectivity index is 1.53. The number of aromatic nitrogens is 3. The summed E-state index contributed by atoms with van der Waals surface area (Å²) in [6, 6.07) is 28.2. The second-order valence-electron chi connectivity index (χ2n) is 11.7. The number of carbonyl (C=O) groups is 4. The monoisotopic (exact) mass is 690 g/mol. The van der Waals surface area contributed by atoms with Gasteiger partial charge in [-0.15, -0.1) is 0 Å². The van der Waals surface area contributed by atoms with Gasteiger partial charge in [-0.2, -0.15) is 0 Å². The van der Waals surface area contributed by atoms with Gasteiger partial charge in [0.1, 0.15) is 6.04 Å². The van der Waals surface area contributed by atoms with Crippen LogP contribution in [0.5, 0.6) is 0 Å². The number of pyridine rings is 3. The van der Waals surface area contributed by atoms with Gasteiger partial charge in [-0.05, 0) is 70.8 Å². The van der Waals surface area contributed by atoms with Gasteiger partial charge in [-0.25, -0.2) is 15.0 Å². The van der Waals surface area contributed by atoms with Gasteiger partial charge in [-0.1, -0.05) is 48.5 Å². The summed E-state index contributed by atoms with van der Waals surface area (Å²) in [4.78, 5) is 60.9. The fourth-order valence-electron chi connectivity index (χ4n) is 5.35. The maximum atomic E-state index is 11.6. The molecule has 0 spiro atoms. The van der Waals surface area contributed by atoms with E-state index in [1.807, 2.05) is 60.7 Å². The van der Waals surface area contributed by atoms with Crippen molar-refractivity contribution in [1.29, 1.82) is 0 Å². The van der Waals surface area contributed by atoms with Gasteiger partial charge < -0.3 is 26.2 Å². The van der Waals surface area contributed by atoms with E-state index in [-0.39, 0.29) is 13.1 Å². The normalized spacial score (nSPS) is 11.6. The Hall–Kier alpha value is -6.51. The minimum atomic E-state index is -1.31. The van der Waals surface area contributed by atoms with Crippen LogP contribution in [0.15, 0.2) is 97.1 Å². The lowest BCUT2D eigenvalue weighted by Crippen LogP contribution is -2.38. The SMILES string of the molecule is Nc1ccc(-c2ccc(-c3cc(-c4cccc(CNC(CC(=O)O)C(=O)O)n4)nc(-c4cccc(CN(CC(=O)O)CC(=O)O)n4)c3)cc2)cc1. The Morgan fingerprint density at radius 1 is 0.608 bits per heavy atom. The van der Waals surface area contributed by atoms with Gasteiger partial charge in [0.2, 0.25) is 0 Å². The van der Waals surface area contributed by atoms with Crippen LogP contribution in [0.25, 0.3) is 45.0 Å². The van der Waals surface area contributed by atoms with Crippen LogP contribution in [-0.2, 0) is 32.3 Å². The highest BCUT2D eigenvalue weighted by Crippen LogP contribution is 2.31. The van der Waals surface area contributed by atoms with Crippen molar-refractivity contribution in [2.24, 2.45) is 0 Å². The molecule has 5 rings (SSSR count). The summed E-state index contributed by atoms with van der Waals surface area (Å²) in [5.74, 6) is -4.88. The molecule has 0 aliphatic rings. The summed E-state index contributed by atoms with van der Waals surface area (Å²) in [7, 11) is 0. The standard InChI is InChI=1S/C37H34N6O8/c38-26-13-11-23(12-14-26)22-7-9-24(10-8-22)25-15-31(29-5-1-3-27(40-29)18-39-33(37(50)51)17-34(44)45)42-32(16-25)30-6-2-4-28(41-30)19-43(20-35(46)47)21-36(48)49/h1-16,33,39H,17-21,38H2,(H,44,45)(H,46,47)(H,48,49)(H,50,51). The minimum Gasteiger partial charge on any atom is -0.481 e. The third-order valence-electron chi connectivity index (χ3n) is 7.74. The largest absolute Gasteiger partial charge is 0.481 e. The topological polar surface area (TPSA) is 229 Å². The molecule has 0 saturated heterocycles. The Kier molecular flexibility index (Phi) is 11.4. The Morgan fingerprint density at radius 2 is 1.10 bits per heavy atom. The molecule has 3 aromatic heterocycles. The van der Waals surface area contributed by atoms with E-state index in [1.165, 1.54) is 4.90 Å². The van der Waals surface area contributed by atoms with Crippen LogP contribution in [0.1, 0.15) is 17.8 Å². The highest BCUT2D eigenvalue weighted by molar-refractivity contribution is 5.80. The molecule has 0 saturated carbocycles. The quantitative estimate of drug-likeness (QED) is 0.0801. The molecular formula is C37H34N6O8. The lowest BCUT2D eigenvalue weighted by molar-refractivity contribution is -0.146. The lowest BCUT2D eigenvalue weighted by Gasteiger charge is -2.18.